The molecule has 1 aromatic carbocycles. The normalized spacial score (nSPS) is 14.9. The Morgan fingerprint density at radius 3 is 2.43 bits per heavy atom. The Balaban J connectivity index is 1.53. The van der Waals surface area contributed by atoms with Crippen molar-refractivity contribution in [2.45, 2.75) is 51.0 Å². The largest absolute Gasteiger partial charge is 0.352 e. The van der Waals surface area contributed by atoms with Crippen LogP contribution in [0.1, 0.15) is 64.9 Å². The minimum atomic E-state index is -0.208. The topological polar surface area (TPSA) is 71.1 Å². The van der Waals surface area contributed by atoms with Gasteiger partial charge >= 0.3 is 0 Å². The maximum atomic E-state index is 12.5. The smallest absolute Gasteiger partial charge is 0.270 e. The molecule has 0 radical (unpaired) electrons. The van der Waals surface area contributed by atoms with Gasteiger partial charge in [0.25, 0.3) is 11.8 Å². The molecule has 3 rings (SSSR count). The van der Waals surface area contributed by atoms with E-state index in [0.717, 1.165) is 31.2 Å². The molecule has 1 saturated carbocycles. The van der Waals surface area contributed by atoms with Gasteiger partial charge in [0.05, 0.1) is 0 Å². The summed E-state index contributed by atoms with van der Waals surface area (Å²) in [4.78, 5) is 29.1. The van der Waals surface area contributed by atoms with Crippen LogP contribution in [0, 0.1) is 0 Å². The van der Waals surface area contributed by atoms with Crippen molar-refractivity contribution in [3.63, 3.8) is 0 Å². The summed E-state index contributed by atoms with van der Waals surface area (Å²) < 4.78 is 0. The lowest BCUT2D eigenvalue weighted by atomic mass is 10.1. The number of amides is 2. The molecule has 0 aliphatic heterocycles. The van der Waals surface area contributed by atoms with Crippen LogP contribution in [-0.4, -0.2) is 29.4 Å². The standard InChI is InChI=1S/C22H26ClN3O2/c23-18-9-7-16(8-10-18)11-13-25-21(27)17-12-14-24-20(15-17)22(28)26-19-5-3-1-2-4-6-19/h7-10,12,14-15,19H,1-6,11,13H2,(H,25,27)(H,26,28). The number of hydrogen-bond donors (Lipinski definition) is 2. The molecule has 6 heteroatoms. The highest BCUT2D eigenvalue weighted by atomic mass is 35.5. The molecule has 1 heterocycles. The third-order valence-corrected chi connectivity index (χ3v) is 5.31. The summed E-state index contributed by atoms with van der Waals surface area (Å²) in [6.07, 6.45) is 9.00. The van der Waals surface area contributed by atoms with Crippen molar-refractivity contribution < 1.29 is 9.59 Å². The fourth-order valence-corrected chi connectivity index (χ4v) is 3.58. The van der Waals surface area contributed by atoms with Crippen LogP contribution in [0.3, 0.4) is 0 Å². The van der Waals surface area contributed by atoms with Crippen LogP contribution in [0.5, 0.6) is 0 Å². The Morgan fingerprint density at radius 2 is 1.71 bits per heavy atom. The third kappa shape index (κ3) is 6.06. The molecule has 0 unspecified atom stereocenters. The Hall–Kier alpha value is -2.40. The van der Waals surface area contributed by atoms with Crippen LogP contribution in [0.15, 0.2) is 42.6 Å². The summed E-state index contributed by atoms with van der Waals surface area (Å²) in [5.41, 5.74) is 1.83. The van der Waals surface area contributed by atoms with Crippen molar-refractivity contribution in [2.75, 3.05) is 6.54 Å². The predicted octanol–water partition coefficient (Wildman–Crippen LogP) is 4.16. The molecule has 0 bridgehead atoms. The van der Waals surface area contributed by atoms with Crippen LogP contribution in [0.4, 0.5) is 0 Å². The maximum Gasteiger partial charge on any atom is 0.270 e. The SMILES string of the molecule is O=C(NCCc1ccc(Cl)cc1)c1ccnc(C(=O)NC2CCCCCC2)c1. The van der Waals surface area contributed by atoms with Crippen molar-refractivity contribution >= 4 is 23.4 Å². The van der Waals surface area contributed by atoms with Crippen LogP contribution >= 0.6 is 11.6 Å². The minimum absolute atomic E-state index is 0.202. The molecule has 28 heavy (non-hydrogen) atoms. The predicted molar refractivity (Wildman–Crippen MR) is 111 cm³/mol. The van der Waals surface area contributed by atoms with Crippen molar-refractivity contribution in [2.24, 2.45) is 0 Å². The first kappa shape index (κ1) is 20.3. The molecular weight excluding hydrogens is 374 g/mol. The number of aromatic nitrogens is 1. The Morgan fingerprint density at radius 1 is 1.00 bits per heavy atom. The molecule has 0 saturated heterocycles. The number of halogens is 1. The monoisotopic (exact) mass is 399 g/mol. The van der Waals surface area contributed by atoms with Gasteiger partial charge in [-0.15, -0.1) is 0 Å². The number of carbonyl (C=O) groups is 2. The van der Waals surface area contributed by atoms with Crippen molar-refractivity contribution in [1.29, 1.82) is 0 Å². The maximum absolute atomic E-state index is 12.5. The lowest BCUT2D eigenvalue weighted by Crippen LogP contribution is -2.35. The van der Waals surface area contributed by atoms with Gasteiger partial charge in [-0.1, -0.05) is 49.4 Å². The lowest BCUT2D eigenvalue weighted by Gasteiger charge is -2.16. The number of nitrogens with zero attached hydrogens (tertiary/aromatic N) is 1. The van der Waals surface area contributed by atoms with Crippen molar-refractivity contribution in [1.82, 2.24) is 15.6 Å². The Bertz CT molecular complexity index is 800. The highest BCUT2D eigenvalue weighted by molar-refractivity contribution is 6.30. The Labute approximate surface area is 170 Å². The second kappa shape index (κ2) is 10.2. The number of benzene rings is 1. The molecule has 148 valence electrons. The van der Waals surface area contributed by atoms with E-state index in [4.69, 9.17) is 11.6 Å². The van der Waals surface area contributed by atoms with Crippen LogP contribution < -0.4 is 10.6 Å². The zero-order chi connectivity index (χ0) is 19.8. The number of rotatable bonds is 6. The first-order valence-electron chi connectivity index (χ1n) is 9.91. The van der Waals surface area contributed by atoms with Gasteiger partial charge in [0.1, 0.15) is 5.69 Å². The first-order valence-corrected chi connectivity index (χ1v) is 10.3. The summed E-state index contributed by atoms with van der Waals surface area (Å²) >= 11 is 5.88. The second-order valence-corrected chi connectivity index (χ2v) is 7.66. The van der Waals surface area contributed by atoms with Gasteiger partial charge < -0.3 is 10.6 Å². The summed E-state index contributed by atoms with van der Waals surface area (Å²) in [6.45, 7) is 0.506. The van der Waals surface area contributed by atoms with E-state index in [-0.39, 0.29) is 23.6 Å². The van der Waals surface area contributed by atoms with Gasteiger partial charge in [-0.05, 0) is 49.1 Å². The molecule has 2 aromatic rings. The fraction of sp³-hybridized carbons (Fsp3) is 0.409. The highest BCUT2D eigenvalue weighted by Crippen LogP contribution is 2.17. The molecule has 0 atom stereocenters. The van der Waals surface area contributed by atoms with E-state index < -0.39 is 0 Å². The van der Waals surface area contributed by atoms with E-state index in [0.29, 0.717) is 23.6 Å². The average Bonchev–Trinajstić information content (AvgIpc) is 2.98. The van der Waals surface area contributed by atoms with Gasteiger partial charge in [0.2, 0.25) is 0 Å². The quantitative estimate of drug-likeness (QED) is 0.716. The molecular formula is C22H26ClN3O2. The third-order valence-electron chi connectivity index (χ3n) is 5.06. The summed E-state index contributed by atoms with van der Waals surface area (Å²) in [6, 6.07) is 10.9. The molecule has 5 nitrogen and oxygen atoms in total. The molecule has 1 aliphatic carbocycles. The van der Waals surface area contributed by atoms with Crippen LogP contribution in [0.2, 0.25) is 5.02 Å². The summed E-state index contributed by atoms with van der Waals surface area (Å²) in [5.74, 6) is -0.414. The van der Waals surface area contributed by atoms with E-state index in [1.54, 1.807) is 12.1 Å². The van der Waals surface area contributed by atoms with Gasteiger partial charge in [0.15, 0.2) is 0 Å². The Kier molecular flexibility index (Phi) is 7.43. The summed E-state index contributed by atoms with van der Waals surface area (Å²) in [5, 5.41) is 6.65. The minimum Gasteiger partial charge on any atom is -0.352 e. The van der Waals surface area contributed by atoms with Gasteiger partial charge in [0, 0.05) is 29.4 Å². The number of hydrogen-bond acceptors (Lipinski definition) is 3. The molecule has 1 aromatic heterocycles. The fourth-order valence-electron chi connectivity index (χ4n) is 3.45. The number of pyridine rings is 1. The molecule has 0 spiro atoms. The van der Waals surface area contributed by atoms with Crippen molar-refractivity contribution in [3.05, 3.63) is 64.4 Å². The second-order valence-electron chi connectivity index (χ2n) is 7.22. The zero-order valence-electron chi connectivity index (χ0n) is 15.9. The van der Waals surface area contributed by atoms with Crippen LogP contribution in [0.25, 0.3) is 0 Å². The highest BCUT2D eigenvalue weighted by Gasteiger charge is 2.17. The van der Waals surface area contributed by atoms with E-state index in [9.17, 15) is 9.59 Å². The molecule has 1 aliphatic rings. The lowest BCUT2D eigenvalue weighted by molar-refractivity contribution is 0.0928. The number of carbonyl (C=O) groups excluding carboxylic acids is 2. The first-order chi connectivity index (χ1) is 13.6. The average molecular weight is 400 g/mol. The number of nitrogens with one attached hydrogen (secondary N) is 2. The van der Waals surface area contributed by atoms with Crippen LogP contribution in [-0.2, 0) is 6.42 Å². The zero-order valence-corrected chi connectivity index (χ0v) is 16.7. The van der Waals surface area contributed by atoms with Gasteiger partial charge in [-0.3, -0.25) is 14.6 Å². The van der Waals surface area contributed by atoms with Crippen molar-refractivity contribution in [3.8, 4) is 0 Å². The molecule has 2 N–H and O–H groups in total. The summed E-state index contributed by atoms with van der Waals surface area (Å²) in [7, 11) is 0. The van der Waals surface area contributed by atoms with E-state index >= 15 is 0 Å². The molecule has 2 amide bonds. The van der Waals surface area contributed by atoms with Gasteiger partial charge in [-0.25, -0.2) is 0 Å². The van der Waals surface area contributed by atoms with Gasteiger partial charge in [-0.2, -0.15) is 0 Å². The molecule has 1 fully saturated rings. The van der Waals surface area contributed by atoms with E-state index in [2.05, 4.69) is 15.6 Å². The van der Waals surface area contributed by atoms with E-state index in [1.807, 2.05) is 24.3 Å². The van der Waals surface area contributed by atoms with E-state index in [1.165, 1.54) is 19.0 Å².